The van der Waals surface area contributed by atoms with E-state index in [0.29, 0.717) is 25.2 Å². The van der Waals surface area contributed by atoms with Gasteiger partial charge >= 0.3 is 0 Å². The van der Waals surface area contributed by atoms with Gasteiger partial charge in [-0.05, 0) is 25.7 Å². The lowest BCUT2D eigenvalue weighted by Gasteiger charge is -2.39. The Balaban J connectivity index is 0.00000338. The van der Waals surface area contributed by atoms with Gasteiger partial charge in [-0.2, -0.15) is 0 Å². The van der Waals surface area contributed by atoms with E-state index in [0.717, 1.165) is 51.6 Å². The summed E-state index contributed by atoms with van der Waals surface area (Å²) in [7, 11) is 1.69. The van der Waals surface area contributed by atoms with Crippen molar-refractivity contribution in [3.63, 3.8) is 0 Å². The summed E-state index contributed by atoms with van der Waals surface area (Å²) in [4.78, 5) is 11.4. The van der Waals surface area contributed by atoms with Gasteiger partial charge in [0.25, 0.3) is 0 Å². The maximum Gasteiger partial charge on any atom is 0.193 e. The van der Waals surface area contributed by atoms with E-state index in [-0.39, 0.29) is 24.0 Å². The van der Waals surface area contributed by atoms with Crippen LogP contribution in [0.5, 0.6) is 0 Å². The number of aromatic nitrogens is 2. The van der Waals surface area contributed by atoms with Gasteiger partial charge in [0, 0.05) is 52.3 Å². The zero-order chi connectivity index (χ0) is 17.9. The molecule has 1 fully saturated rings. The van der Waals surface area contributed by atoms with E-state index in [4.69, 9.17) is 14.5 Å². The van der Waals surface area contributed by atoms with Crippen LogP contribution in [0.1, 0.15) is 32.7 Å². The van der Waals surface area contributed by atoms with Crippen LogP contribution in [0.2, 0.25) is 0 Å². The molecule has 150 valence electrons. The zero-order valence-electron chi connectivity index (χ0n) is 16.3. The lowest BCUT2D eigenvalue weighted by atomic mass is 9.93. The third kappa shape index (κ3) is 7.40. The minimum Gasteiger partial charge on any atom is -0.382 e. The number of halogens is 1. The van der Waals surface area contributed by atoms with Crippen molar-refractivity contribution in [3.05, 3.63) is 18.7 Å². The Labute approximate surface area is 174 Å². The molecule has 2 heterocycles. The fourth-order valence-electron chi connectivity index (χ4n) is 3.12. The van der Waals surface area contributed by atoms with Crippen LogP contribution in [-0.4, -0.2) is 73.5 Å². The van der Waals surface area contributed by atoms with Crippen molar-refractivity contribution in [2.75, 3.05) is 53.1 Å². The highest BCUT2D eigenvalue weighted by molar-refractivity contribution is 14.0. The van der Waals surface area contributed by atoms with Gasteiger partial charge in [0.15, 0.2) is 5.96 Å². The van der Waals surface area contributed by atoms with E-state index < -0.39 is 0 Å². The Morgan fingerprint density at radius 3 is 2.88 bits per heavy atom. The first-order valence-corrected chi connectivity index (χ1v) is 9.33. The zero-order valence-corrected chi connectivity index (χ0v) is 18.6. The molecule has 1 aliphatic heterocycles. The fourth-order valence-corrected chi connectivity index (χ4v) is 3.12. The van der Waals surface area contributed by atoms with E-state index in [9.17, 15) is 0 Å². The van der Waals surface area contributed by atoms with Crippen LogP contribution in [-0.2, 0) is 9.47 Å². The molecule has 2 unspecified atom stereocenters. The van der Waals surface area contributed by atoms with E-state index in [1.165, 1.54) is 0 Å². The van der Waals surface area contributed by atoms with Gasteiger partial charge in [-0.15, -0.1) is 24.0 Å². The Kier molecular flexibility index (Phi) is 11.9. The predicted octanol–water partition coefficient (Wildman–Crippen LogP) is 2.40. The standard InChI is InChI=1S/C18H33N5O2.HI/c1-4-20-18(21-7-5-11-25-13-12-24-3)22-9-6-16(2)17(14-22)23-10-8-19-15-23;/h8,10,15-17H,4-7,9,11-14H2,1-3H3,(H,20,21);1H. The molecule has 1 aromatic rings. The molecule has 7 nitrogen and oxygen atoms in total. The van der Waals surface area contributed by atoms with Crippen molar-refractivity contribution < 1.29 is 9.47 Å². The summed E-state index contributed by atoms with van der Waals surface area (Å²) in [5.74, 6) is 1.65. The minimum atomic E-state index is 0. The highest BCUT2D eigenvalue weighted by atomic mass is 127. The third-order valence-corrected chi connectivity index (χ3v) is 4.60. The number of imidazole rings is 1. The number of hydrogen-bond acceptors (Lipinski definition) is 4. The Bertz CT molecular complexity index is 498. The number of guanidine groups is 1. The molecule has 0 saturated carbocycles. The quantitative estimate of drug-likeness (QED) is 0.255. The molecule has 0 amide bonds. The van der Waals surface area contributed by atoms with Crippen molar-refractivity contribution >= 4 is 29.9 Å². The van der Waals surface area contributed by atoms with E-state index in [1.807, 2.05) is 12.5 Å². The van der Waals surface area contributed by atoms with Crippen LogP contribution < -0.4 is 5.32 Å². The second-order valence-corrected chi connectivity index (χ2v) is 6.48. The van der Waals surface area contributed by atoms with E-state index in [1.54, 1.807) is 7.11 Å². The number of likely N-dealkylation sites (tertiary alicyclic amines) is 1. The summed E-state index contributed by atoms with van der Waals surface area (Å²) in [5.41, 5.74) is 0. The van der Waals surface area contributed by atoms with Gasteiger partial charge in [-0.1, -0.05) is 6.92 Å². The minimum absolute atomic E-state index is 0. The second kappa shape index (κ2) is 13.3. The SMILES string of the molecule is CCNC(=NCCCOCCOC)N1CCC(C)C(n2ccnc2)C1.I. The molecule has 0 spiro atoms. The van der Waals surface area contributed by atoms with Gasteiger partial charge in [-0.25, -0.2) is 4.98 Å². The van der Waals surface area contributed by atoms with Gasteiger partial charge in [0.2, 0.25) is 0 Å². The van der Waals surface area contributed by atoms with Crippen molar-refractivity contribution in [3.8, 4) is 0 Å². The summed E-state index contributed by atoms with van der Waals surface area (Å²) < 4.78 is 12.7. The number of hydrogen-bond donors (Lipinski definition) is 1. The summed E-state index contributed by atoms with van der Waals surface area (Å²) in [6.45, 7) is 10.1. The monoisotopic (exact) mass is 479 g/mol. The number of nitrogens with one attached hydrogen (secondary N) is 1. The van der Waals surface area contributed by atoms with Crippen LogP contribution >= 0.6 is 24.0 Å². The Morgan fingerprint density at radius 2 is 2.19 bits per heavy atom. The maximum atomic E-state index is 5.50. The molecule has 2 rings (SSSR count). The summed E-state index contributed by atoms with van der Waals surface area (Å²) in [6, 6.07) is 0.442. The molecule has 1 aromatic heterocycles. The molecule has 0 radical (unpaired) electrons. The molecule has 1 aliphatic rings. The van der Waals surface area contributed by atoms with Crippen LogP contribution in [0.25, 0.3) is 0 Å². The Morgan fingerprint density at radius 1 is 1.35 bits per heavy atom. The van der Waals surface area contributed by atoms with Crippen molar-refractivity contribution in [2.45, 2.75) is 32.7 Å². The molecule has 0 bridgehead atoms. The molecule has 1 N–H and O–H groups in total. The largest absolute Gasteiger partial charge is 0.382 e. The normalized spacial score (nSPS) is 20.7. The summed E-state index contributed by atoms with van der Waals surface area (Å²) in [5, 5.41) is 3.43. The lowest BCUT2D eigenvalue weighted by molar-refractivity contribution is 0.0702. The number of ether oxygens (including phenoxy) is 2. The predicted molar refractivity (Wildman–Crippen MR) is 115 cm³/mol. The van der Waals surface area contributed by atoms with Crippen LogP contribution in [0.15, 0.2) is 23.7 Å². The van der Waals surface area contributed by atoms with Gasteiger partial charge < -0.3 is 24.3 Å². The molecule has 2 atom stereocenters. The number of piperidine rings is 1. The number of rotatable bonds is 9. The summed E-state index contributed by atoms with van der Waals surface area (Å²) in [6.07, 6.45) is 7.92. The first kappa shape index (κ1) is 23.2. The molecular weight excluding hydrogens is 445 g/mol. The molecular formula is C18H34IN5O2. The molecule has 26 heavy (non-hydrogen) atoms. The highest BCUT2D eigenvalue weighted by Crippen LogP contribution is 2.27. The van der Waals surface area contributed by atoms with Gasteiger partial charge in [-0.3, -0.25) is 4.99 Å². The molecule has 1 saturated heterocycles. The van der Waals surface area contributed by atoms with Crippen LogP contribution in [0, 0.1) is 5.92 Å². The molecule has 0 aliphatic carbocycles. The highest BCUT2D eigenvalue weighted by Gasteiger charge is 2.28. The van der Waals surface area contributed by atoms with Crippen molar-refractivity contribution in [1.82, 2.24) is 19.8 Å². The van der Waals surface area contributed by atoms with Crippen LogP contribution in [0.3, 0.4) is 0 Å². The Hall–Kier alpha value is -0.870. The number of nitrogens with zero attached hydrogens (tertiary/aromatic N) is 4. The topological polar surface area (TPSA) is 63.9 Å². The first-order chi connectivity index (χ1) is 12.3. The second-order valence-electron chi connectivity index (χ2n) is 6.48. The van der Waals surface area contributed by atoms with E-state index in [2.05, 4.69) is 39.8 Å². The maximum absolute atomic E-state index is 5.50. The van der Waals surface area contributed by atoms with Gasteiger partial charge in [0.05, 0.1) is 25.6 Å². The van der Waals surface area contributed by atoms with Gasteiger partial charge in [0.1, 0.15) is 0 Å². The van der Waals surface area contributed by atoms with Crippen molar-refractivity contribution in [1.29, 1.82) is 0 Å². The smallest absolute Gasteiger partial charge is 0.193 e. The first-order valence-electron chi connectivity index (χ1n) is 9.33. The number of aliphatic imine (C=N–C) groups is 1. The van der Waals surface area contributed by atoms with Crippen molar-refractivity contribution in [2.24, 2.45) is 10.9 Å². The summed E-state index contributed by atoms with van der Waals surface area (Å²) >= 11 is 0. The van der Waals surface area contributed by atoms with E-state index >= 15 is 0 Å². The number of methoxy groups -OCH3 is 1. The average Bonchev–Trinajstić information content (AvgIpc) is 3.15. The van der Waals surface area contributed by atoms with Crippen LogP contribution in [0.4, 0.5) is 0 Å². The average molecular weight is 479 g/mol. The lowest BCUT2D eigenvalue weighted by Crippen LogP contribution is -2.49. The molecule has 0 aromatic carbocycles. The third-order valence-electron chi connectivity index (χ3n) is 4.60. The molecule has 8 heteroatoms. The fraction of sp³-hybridized carbons (Fsp3) is 0.778.